The van der Waals surface area contributed by atoms with Crippen LogP contribution in [0.15, 0.2) is 5.38 Å². The van der Waals surface area contributed by atoms with Gasteiger partial charge in [-0.3, -0.25) is 0 Å². The molecule has 0 aliphatic carbocycles. The predicted molar refractivity (Wildman–Crippen MR) is 77.8 cm³/mol. The molecule has 3 unspecified atom stereocenters. The van der Waals surface area contributed by atoms with E-state index in [1.54, 1.807) is 0 Å². The molecule has 0 aromatic carbocycles. The van der Waals surface area contributed by atoms with Gasteiger partial charge in [0.2, 0.25) is 0 Å². The third-order valence-electron chi connectivity index (χ3n) is 2.90. The van der Waals surface area contributed by atoms with E-state index in [-0.39, 0.29) is 0 Å². The number of nitrogens with zero attached hydrogens (tertiary/aromatic N) is 1. The molecule has 0 spiro atoms. The molecule has 1 aliphatic rings. The van der Waals surface area contributed by atoms with Crippen LogP contribution in [0.1, 0.15) is 43.1 Å². The molecule has 1 saturated heterocycles. The van der Waals surface area contributed by atoms with Gasteiger partial charge in [0.25, 0.3) is 0 Å². The smallest absolute Gasteiger partial charge is 0.107 e. The van der Waals surface area contributed by atoms with Crippen LogP contribution < -0.4 is 0 Å². The summed E-state index contributed by atoms with van der Waals surface area (Å²) in [6.45, 7) is 6.89. The van der Waals surface area contributed by atoms with Crippen LogP contribution in [0.5, 0.6) is 0 Å². The molecule has 3 atom stereocenters. The Balaban J connectivity index is 2.01. The van der Waals surface area contributed by atoms with Crippen molar-refractivity contribution in [2.45, 2.75) is 49.4 Å². The summed E-state index contributed by atoms with van der Waals surface area (Å²) in [5.74, 6) is 1.23. The number of hydrogen-bond acceptors (Lipinski definition) is 4. The molecule has 0 amide bonds. The number of thioether (sulfide) groups is 2. The average molecular weight is 273 g/mol. The standard InChI is InChI=1S/C12H19NS3/c1-4-5-10-6-15-12(13-10)11-7-14-8(2)9(3)16-11/h6,8-9,11H,4-5,7H2,1-3H3. The maximum absolute atomic E-state index is 4.77. The highest BCUT2D eigenvalue weighted by atomic mass is 32.2. The van der Waals surface area contributed by atoms with Crippen LogP contribution in [-0.4, -0.2) is 21.2 Å². The first-order chi connectivity index (χ1) is 7.70. The largest absolute Gasteiger partial charge is 0.245 e. The lowest BCUT2D eigenvalue weighted by atomic mass is 10.3. The molecule has 16 heavy (non-hydrogen) atoms. The second kappa shape index (κ2) is 5.78. The van der Waals surface area contributed by atoms with Gasteiger partial charge in [0.15, 0.2) is 0 Å². The van der Waals surface area contributed by atoms with Crippen LogP contribution in [0.25, 0.3) is 0 Å². The molecule has 0 radical (unpaired) electrons. The number of hydrogen-bond donors (Lipinski definition) is 0. The number of aryl methyl sites for hydroxylation is 1. The normalized spacial score (nSPS) is 30.6. The highest BCUT2D eigenvalue weighted by molar-refractivity contribution is 8.07. The van der Waals surface area contributed by atoms with E-state index in [1.165, 1.54) is 22.9 Å². The van der Waals surface area contributed by atoms with Gasteiger partial charge in [-0.05, 0) is 6.42 Å². The van der Waals surface area contributed by atoms with Crippen molar-refractivity contribution in [3.8, 4) is 0 Å². The van der Waals surface area contributed by atoms with E-state index in [9.17, 15) is 0 Å². The van der Waals surface area contributed by atoms with Crippen molar-refractivity contribution in [2.75, 3.05) is 5.75 Å². The van der Waals surface area contributed by atoms with E-state index in [4.69, 9.17) is 4.98 Å². The Morgan fingerprint density at radius 2 is 2.19 bits per heavy atom. The minimum atomic E-state index is 0.631. The average Bonchev–Trinajstić information content (AvgIpc) is 2.71. The second-order valence-electron chi connectivity index (χ2n) is 4.30. The summed E-state index contributed by atoms with van der Waals surface area (Å²) in [6, 6.07) is 0. The molecule has 0 bridgehead atoms. The fourth-order valence-corrected chi connectivity index (χ4v) is 5.82. The van der Waals surface area contributed by atoms with Gasteiger partial charge in [0, 0.05) is 21.6 Å². The zero-order valence-electron chi connectivity index (χ0n) is 10.1. The quantitative estimate of drug-likeness (QED) is 0.810. The highest BCUT2D eigenvalue weighted by Gasteiger charge is 2.28. The summed E-state index contributed by atoms with van der Waals surface area (Å²) in [5, 5.41) is 5.76. The van der Waals surface area contributed by atoms with Gasteiger partial charge in [-0.1, -0.05) is 27.2 Å². The number of thiazole rings is 1. The Hall–Kier alpha value is 0.330. The molecule has 0 saturated carbocycles. The Labute approximate surface area is 111 Å². The zero-order valence-corrected chi connectivity index (χ0v) is 12.6. The Morgan fingerprint density at radius 3 is 2.88 bits per heavy atom. The van der Waals surface area contributed by atoms with Crippen LogP contribution in [0.3, 0.4) is 0 Å². The summed E-state index contributed by atoms with van der Waals surface area (Å²) in [7, 11) is 0. The molecule has 90 valence electrons. The first-order valence-electron chi connectivity index (χ1n) is 5.92. The van der Waals surface area contributed by atoms with Crippen molar-refractivity contribution >= 4 is 34.9 Å². The van der Waals surface area contributed by atoms with Crippen LogP contribution in [0.4, 0.5) is 0 Å². The fraction of sp³-hybridized carbons (Fsp3) is 0.750. The van der Waals surface area contributed by atoms with Crippen molar-refractivity contribution in [3.05, 3.63) is 16.1 Å². The first-order valence-corrected chi connectivity index (χ1v) is 8.79. The molecule has 0 N–H and O–H groups in total. The van der Waals surface area contributed by atoms with E-state index in [0.717, 1.165) is 16.9 Å². The van der Waals surface area contributed by atoms with Crippen LogP contribution in [0, 0.1) is 0 Å². The molecule has 1 nitrogen and oxygen atoms in total. The van der Waals surface area contributed by atoms with Crippen molar-refractivity contribution < 1.29 is 0 Å². The summed E-state index contributed by atoms with van der Waals surface area (Å²) in [6.07, 6.45) is 2.33. The van der Waals surface area contributed by atoms with Crippen LogP contribution in [-0.2, 0) is 6.42 Å². The van der Waals surface area contributed by atoms with E-state index in [2.05, 4.69) is 49.7 Å². The van der Waals surface area contributed by atoms with Crippen molar-refractivity contribution in [3.63, 3.8) is 0 Å². The van der Waals surface area contributed by atoms with Gasteiger partial charge in [-0.2, -0.15) is 11.8 Å². The summed E-state index contributed by atoms with van der Waals surface area (Å²) >= 11 is 6.06. The maximum atomic E-state index is 4.77. The van der Waals surface area contributed by atoms with E-state index >= 15 is 0 Å². The topological polar surface area (TPSA) is 12.9 Å². The monoisotopic (exact) mass is 273 g/mol. The van der Waals surface area contributed by atoms with Gasteiger partial charge in [0.1, 0.15) is 5.01 Å². The van der Waals surface area contributed by atoms with Crippen LogP contribution in [0.2, 0.25) is 0 Å². The minimum Gasteiger partial charge on any atom is -0.245 e. The van der Waals surface area contributed by atoms with E-state index in [1.807, 2.05) is 11.3 Å². The molecular weight excluding hydrogens is 254 g/mol. The third-order valence-corrected chi connectivity index (χ3v) is 7.46. The third kappa shape index (κ3) is 2.96. The first kappa shape index (κ1) is 12.8. The fourth-order valence-electron chi connectivity index (χ4n) is 1.75. The summed E-state index contributed by atoms with van der Waals surface area (Å²) < 4.78 is 0. The predicted octanol–water partition coefficient (Wildman–Crippen LogP) is 4.39. The SMILES string of the molecule is CCCc1csc(C2CSC(C)C(C)S2)n1. The van der Waals surface area contributed by atoms with Gasteiger partial charge < -0.3 is 0 Å². The van der Waals surface area contributed by atoms with Gasteiger partial charge >= 0.3 is 0 Å². The van der Waals surface area contributed by atoms with E-state index in [0.29, 0.717) is 5.25 Å². The highest BCUT2D eigenvalue weighted by Crippen LogP contribution is 2.44. The van der Waals surface area contributed by atoms with E-state index < -0.39 is 0 Å². The van der Waals surface area contributed by atoms with Gasteiger partial charge in [0.05, 0.1) is 10.9 Å². The Kier molecular flexibility index (Phi) is 4.62. The van der Waals surface area contributed by atoms with Crippen molar-refractivity contribution in [2.24, 2.45) is 0 Å². The molecule has 1 aromatic rings. The van der Waals surface area contributed by atoms with Crippen molar-refractivity contribution in [1.29, 1.82) is 0 Å². The second-order valence-corrected chi connectivity index (χ2v) is 8.18. The minimum absolute atomic E-state index is 0.631. The van der Waals surface area contributed by atoms with Crippen LogP contribution >= 0.6 is 34.9 Å². The molecule has 1 aliphatic heterocycles. The molecule has 4 heteroatoms. The van der Waals surface area contributed by atoms with Gasteiger partial charge in [-0.15, -0.1) is 23.1 Å². The lowest BCUT2D eigenvalue weighted by molar-refractivity contribution is 0.866. The molecule has 1 aromatic heterocycles. The molecule has 1 fully saturated rings. The lowest BCUT2D eigenvalue weighted by Gasteiger charge is -2.30. The summed E-state index contributed by atoms with van der Waals surface area (Å²) in [5.41, 5.74) is 1.29. The lowest BCUT2D eigenvalue weighted by Crippen LogP contribution is -2.21. The number of rotatable bonds is 3. The molecular formula is C12H19NS3. The Bertz CT molecular complexity index is 337. The molecule has 2 heterocycles. The zero-order chi connectivity index (χ0) is 11.5. The molecule has 2 rings (SSSR count). The van der Waals surface area contributed by atoms with Gasteiger partial charge in [-0.25, -0.2) is 4.98 Å². The Morgan fingerprint density at radius 1 is 1.38 bits per heavy atom. The summed E-state index contributed by atoms with van der Waals surface area (Å²) in [4.78, 5) is 4.77. The maximum Gasteiger partial charge on any atom is 0.107 e. The number of aromatic nitrogens is 1. The van der Waals surface area contributed by atoms with Crippen molar-refractivity contribution in [1.82, 2.24) is 4.98 Å².